The Morgan fingerprint density at radius 3 is 2.54 bits per heavy atom. The summed E-state index contributed by atoms with van der Waals surface area (Å²) in [6.07, 6.45) is 3.36. The number of hydrogen-bond acceptors (Lipinski definition) is 7. The Morgan fingerprint density at radius 1 is 0.971 bits per heavy atom. The van der Waals surface area contributed by atoms with Crippen LogP contribution in [0.15, 0.2) is 70.6 Å². The molecule has 3 aromatic rings. The number of ether oxygens (including phenoxy) is 1. The molecule has 0 aromatic heterocycles. The van der Waals surface area contributed by atoms with Gasteiger partial charge in [-0.1, -0.05) is 36.8 Å². The lowest BCUT2D eigenvalue weighted by Gasteiger charge is -2.12. The van der Waals surface area contributed by atoms with Crippen molar-refractivity contribution in [2.45, 2.75) is 30.6 Å². The largest absolute Gasteiger partial charge is 0.507 e. The van der Waals surface area contributed by atoms with Crippen LogP contribution in [0.3, 0.4) is 0 Å². The molecule has 182 valence electrons. The van der Waals surface area contributed by atoms with Gasteiger partial charge in [0.25, 0.3) is 15.9 Å². The van der Waals surface area contributed by atoms with Gasteiger partial charge >= 0.3 is 5.97 Å². The highest BCUT2D eigenvalue weighted by atomic mass is 32.2. The normalized spacial score (nSPS) is 14.0. The first-order valence-corrected chi connectivity index (χ1v) is 12.6. The van der Waals surface area contributed by atoms with Crippen molar-refractivity contribution in [1.29, 1.82) is 0 Å². The molecule has 0 saturated carbocycles. The number of phenols is 1. The summed E-state index contributed by atoms with van der Waals surface area (Å²) in [5.41, 5.74) is 0.169. The molecule has 0 unspecified atom stereocenters. The van der Waals surface area contributed by atoms with Gasteiger partial charge in [-0.3, -0.25) is 14.5 Å². The molecule has 10 heteroatoms. The minimum absolute atomic E-state index is 0.0275. The Bertz CT molecular complexity index is 1400. The third kappa shape index (κ3) is 6.15. The van der Waals surface area contributed by atoms with Crippen LogP contribution in [0.5, 0.6) is 5.75 Å². The number of sulfonamides is 1. The molecular weight excluding hydrogens is 470 g/mol. The highest BCUT2D eigenvalue weighted by Crippen LogP contribution is 2.25. The van der Waals surface area contributed by atoms with Crippen molar-refractivity contribution in [3.63, 3.8) is 0 Å². The van der Waals surface area contributed by atoms with Crippen LogP contribution in [-0.2, 0) is 19.6 Å². The number of anilines is 1. The van der Waals surface area contributed by atoms with E-state index in [2.05, 4.69) is 15.0 Å². The van der Waals surface area contributed by atoms with Crippen molar-refractivity contribution >= 4 is 44.2 Å². The van der Waals surface area contributed by atoms with Crippen LogP contribution in [0, 0.1) is 0 Å². The second-order valence-corrected chi connectivity index (χ2v) is 9.80. The fourth-order valence-corrected chi connectivity index (χ4v) is 4.84. The molecule has 0 fully saturated rings. The Hall–Kier alpha value is -3.92. The summed E-state index contributed by atoms with van der Waals surface area (Å²) in [7, 11) is -3.86. The van der Waals surface area contributed by atoms with E-state index in [1.807, 2.05) is 6.07 Å². The summed E-state index contributed by atoms with van der Waals surface area (Å²) >= 11 is 0. The van der Waals surface area contributed by atoms with Crippen molar-refractivity contribution < 1.29 is 27.9 Å². The summed E-state index contributed by atoms with van der Waals surface area (Å²) < 4.78 is 33.1. The number of esters is 1. The number of amides is 1. The highest BCUT2D eigenvalue weighted by molar-refractivity contribution is 7.90. The molecule has 35 heavy (non-hydrogen) atoms. The lowest BCUT2D eigenvalue weighted by molar-refractivity contribution is -0.119. The Labute approximate surface area is 202 Å². The first-order valence-electron chi connectivity index (χ1n) is 11.2. The number of aliphatic imine (C=N–C) groups is 1. The van der Waals surface area contributed by atoms with Gasteiger partial charge in [0.1, 0.15) is 17.1 Å². The van der Waals surface area contributed by atoms with E-state index < -0.39 is 28.5 Å². The van der Waals surface area contributed by atoms with E-state index in [1.165, 1.54) is 36.4 Å². The van der Waals surface area contributed by atoms with Crippen LogP contribution in [0.25, 0.3) is 10.8 Å². The number of carbonyl (C=O) groups is 2. The summed E-state index contributed by atoms with van der Waals surface area (Å²) in [5.74, 6) is -1.33. The van der Waals surface area contributed by atoms with E-state index in [-0.39, 0.29) is 21.9 Å². The molecule has 1 heterocycles. The van der Waals surface area contributed by atoms with E-state index in [4.69, 9.17) is 4.74 Å². The highest BCUT2D eigenvalue weighted by Gasteiger charge is 2.19. The van der Waals surface area contributed by atoms with Crippen LogP contribution in [0.2, 0.25) is 0 Å². The molecule has 3 N–H and O–H groups in total. The number of carbonyl (C=O) groups excluding carboxylic acids is 2. The van der Waals surface area contributed by atoms with Crippen molar-refractivity contribution in [2.24, 2.45) is 4.99 Å². The van der Waals surface area contributed by atoms with Gasteiger partial charge in [-0.15, -0.1) is 0 Å². The molecule has 1 aliphatic heterocycles. The average Bonchev–Trinajstić information content (AvgIpc) is 3.10. The SMILES string of the molecule is O=C(COC(=O)c1cc2ccccc2cc1O)Nc1cccc(S(=O)(=O)NC2=NCCCCC2)c1. The number of fused-ring (bicyclic) bond motifs is 1. The summed E-state index contributed by atoms with van der Waals surface area (Å²) in [5, 5.41) is 14.2. The molecule has 4 rings (SSSR count). The lowest BCUT2D eigenvalue weighted by atomic mass is 10.1. The number of hydrogen-bond donors (Lipinski definition) is 3. The smallest absolute Gasteiger partial charge is 0.342 e. The third-order valence-electron chi connectivity index (χ3n) is 5.47. The van der Waals surface area contributed by atoms with E-state index >= 15 is 0 Å². The molecule has 0 spiro atoms. The standard InChI is InChI=1S/C25H25N3O6S/c29-22-14-18-8-4-3-7-17(18)13-21(22)25(31)34-16-24(30)27-19-9-6-10-20(15-19)35(32,33)28-23-11-2-1-5-12-26-23/h3-4,6-10,13-15,29H,1-2,5,11-12,16H2,(H,26,28)(H,27,30). The quantitative estimate of drug-likeness (QED) is 0.448. The molecule has 1 amide bonds. The van der Waals surface area contributed by atoms with Crippen LogP contribution in [0.4, 0.5) is 5.69 Å². The maximum Gasteiger partial charge on any atom is 0.342 e. The van der Waals surface area contributed by atoms with E-state index in [1.54, 1.807) is 18.2 Å². The van der Waals surface area contributed by atoms with Gasteiger partial charge in [-0.05, 0) is 53.9 Å². The maximum atomic E-state index is 12.7. The Balaban J connectivity index is 1.38. The van der Waals surface area contributed by atoms with Crippen LogP contribution >= 0.6 is 0 Å². The number of amidine groups is 1. The predicted octanol–water partition coefficient (Wildman–Crippen LogP) is 3.59. The zero-order valence-corrected chi connectivity index (χ0v) is 19.7. The Kier molecular flexibility index (Phi) is 7.31. The van der Waals surface area contributed by atoms with Gasteiger partial charge in [-0.2, -0.15) is 0 Å². The Morgan fingerprint density at radius 2 is 1.74 bits per heavy atom. The third-order valence-corrected chi connectivity index (χ3v) is 6.85. The maximum absolute atomic E-state index is 12.7. The molecule has 3 aromatic carbocycles. The summed E-state index contributed by atoms with van der Waals surface area (Å²) in [6.45, 7) is -0.0270. The fourth-order valence-electron chi connectivity index (χ4n) is 3.71. The summed E-state index contributed by atoms with van der Waals surface area (Å²) in [4.78, 5) is 29.0. The number of nitrogens with zero attached hydrogens (tertiary/aromatic N) is 1. The second kappa shape index (κ2) is 10.6. The number of benzene rings is 3. The van der Waals surface area contributed by atoms with Crippen LogP contribution in [-0.4, -0.2) is 44.4 Å². The number of rotatable bonds is 6. The predicted molar refractivity (Wildman–Crippen MR) is 132 cm³/mol. The number of nitrogens with one attached hydrogen (secondary N) is 2. The van der Waals surface area contributed by atoms with E-state index in [9.17, 15) is 23.1 Å². The second-order valence-electron chi connectivity index (χ2n) is 8.11. The van der Waals surface area contributed by atoms with Gasteiger partial charge in [0, 0.05) is 18.7 Å². The zero-order valence-electron chi connectivity index (χ0n) is 18.9. The van der Waals surface area contributed by atoms with Crippen molar-refractivity contribution in [3.05, 3.63) is 66.2 Å². The molecule has 0 atom stereocenters. The van der Waals surface area contributed by atoms with Crippen LogP contribution < -0.4 is 10.0 Å². The lowest BCUT2D eigenvalue weighted by Crippen LogP contribution is -2.30. The number of aromatic hydroxyl groups is 1. The molecule has 1 aliphatic rings. The van der Waals surface area contributed by atoms with E-state index in [0.29, 0.717) is 18.8 Å². The van der Waals surface area contributed by atoms with Crippen molar-refractivity contribution in [3.8, 4) is 5.75 Å². The molecule has 0 aliphatic carbocycles. The molecule has 9 nitrogen and oxygen atoms in total. The molecule has 0 saturated heterocycles. The first-order chi connectivity index (χ1) is 16.8. The fraction of sp³-hybridized carbons (Fsp3) is 0.240. The van der Waals surface area contributed by atoms with Crippen LogP contribution in [0.1, 0.15) is 36.0 Å². The molecule has 0 bridgehead atoms. The van der Waals surface area contributed by atoms with Gasteiger partial charge < -0.3 is 15.2 Å². The van der Waals surface area contributed by atoms with Gasteiger partial charge in [0.05, 0.1) is 4.90 Å². The molecular formula is C25H25N3O6S. The van der Waals surface area contributed by atoms with Gasteiger partial charge in [0.15, 0.2) is 6.61 Å². The zero-order chi connectivity index (χ0) is 24.8. The van der Waals surface area contributed by atoms with Gasteiger partial charge in [-0.25, -0.2) is 13.2 Å². The average molecular weight is 496 g/mol. The summed E-state index contributed by atoms with van der Waals surface area (Å²) in [6, 6.07) is 15.9. The van der Waals surface area contributed by atoms with Crippen molar-refractivity contribution in [2.75, 3.05) is 18.5 Å². The van der Waals surface area contributed by atoms with E-state index in [0.717, 1.165) is 30.0 Å². The topological polar surface area (TPSA) is 134 Å². The minimum Gasteiger partial charge on any atom is -0.507 e. The molecule has 0 radical (unpaired) electrons. The number of phenolic OH excluding ortho intramolecular Hbond substituents is 1. The first kappa shape index (κ1) is 24.2. The monoisotopic (exact) mass is 495 g/mol. The van der Waals surface area contributed by atoms with Gasteiger partial charge in [0.2, 0.25) is 0 Å². The van der Waals surface area contributed by atoms with Crippen molar-refractivity contribution in [1.82, 2.24) is 4.72 Å². The minimum atomic E-state index is -3.86.